The third kappa shape index (κ3) is 3.40. The summed E-state index contributed by atoms with van der Waals surface area (Å²) in [4.78, 5) is 34.8. The van der Waals surface area contributed by atoms with Crippen LogP contribution in [-0.4, -0.2) is 18.4 Å². The highest BCUT2D eigenvalue weighted by molar-refractivity contribution is 6.01. The van der Waals surface area contributed by atoms with Gasteiger partial charge < -0.3 is 4.79 Å². The lowest BCUT2D eigenvalue weighted by atomic mass is 9.37. The number of ketones is 2. The van der Waals surface area contributed by atoms with E-state index >= 15 is 0 Å². The Morgan fingerprint density at radius 2 is 1.59 bits per heavy atom. The molecule has 0 aromatic carbocycles. The first-order valence-electron chi connectivity index (χ1n) is 13.4. The maximum Gasteiger partial charge on any atom is 0.176 e. The van der Waals surface area contributed by atoms with Crippen LogP contribution in [0.15, 0.2) is 11.6 Å². The summed E-state index contributed by atoms with van der Waals surface area (Å²) in [5, 5.41) is 9.68. The molecule has 0 N–H and O–H groups in total. The van der Waals surface area contributed by atoms with Gasteiger partial charge in [-0.2, -0.15) is 5.26 Å². The zero-order chi connectivity index (χ0) is 25.3. The Hall–Kier alpha value is -1.76. The number of fused-ring (bicyclic) bond motifs is 7. The van der Waals surface area contributed by atoms with E-state index in [9.17, 15) is 14.9 Å². The smallest absolute Gasteiger partial charge is 0.176 e. The predicted octanol–water partition coefficient (Wildman–Crippen LogP) is 6.34. The zero-order valence-electron chi connectivity index (χ0n) is 22.1. The standard InChI is InChI=1S/C29H41NO2.CH2O/c1-17-19-8-10-28(5)20-7-9-27(4)12-11-26(2,3)15-21(27)24(20)22(31)13-23(28)29(19,6)14-18(16-30)25(17)32;1-2/h14,17,19-21,23-24H,7-13,15H2,1-6H3;1H2. The second-order valence-corrected chi connectivity index (χ2v) is 13.9. The van der Waals surface area contributed by atoms with Gasteiger partial charge in [0.25, 0.3) is 0 Å². The summed E-state index contributed by atoms with van der Waals surface area (Å²) in [5.74, 6) is 2.03. The fourth-order valence-electron chi connectivity index (χ4n) is 9.81. The molecular formula is C30H43NO3. The molecule has 0 heterocycles. The monoisotopic (exact) mass is 465 g/mol. The summed E-state index contributed by atoms with van der Waals surface area (Å²) in [6.45, 7) is 16.0. The van der Waals surface area contributed by atoms with Crippen LogP contribution < -0.4 is 0 Å². The van der Waals surface area contributed by atoms with Crippen LogP contribution in [0.3, 0.4) is 0 Å². The molecule has 34 heavy (non-hydrogen) atoms. The van der Waals surface area contributed by atoms with E-state index < -0.39 is 0 Å². The summed E-state index contributed by atoms with van der Waals surface area (Å²) in [5.41, 5.74) is 0.858. The van der Waals surface area contributed by atoms with E-state index in [1.807, 2.05) is 19.8 Å². The number of carbonyl (C=O) groups excluding carboxylic acids is 3. The highest BCUT2D eigenvalue weighted by Crippen LogP contribution is 2.70. The molecule has 4 nitrogen and oxygen atoms in total. The molecule has 5 aliphatic carbocycles. The van der Waals surface area contributed by atoms with E-state index in [1.54, 1.807) is 0 Å². The number of nitrogens with zero attached hydrogens (tertiary/aromatic N) is 1. The summed E-state index contributed by atoms with van der Waals surface area (Å²) in [6, 6.07) is 2.20. The van der Waals surface area contributed by atoms with Gasteiger partial charge in [-0.05, 0) is 90.3 Å². The van der Waals surface area contributed by atoms with Crippen LogP contribution in [0.2, 0.25) is 0 Å². The molecule has 5 rings (SSSR count). The molecule has 0 aliphatic heterocycles. The molecule has 186 valence electrons. The number of hydrogen-bond acceptors (Lipinski definition) is 4. The van der Waals surface area contributed by atoms with E-state index in [1.165, 1.54) is 32.1 Å². The Bertz CT molecular complexity index is 959. The quantitative estimate of drug-likeness (QED) is 0.418. The van der Waals surface area contributed by atoms with Gasteiger partial charge in [-0.15, -0.1) is 0 Å². The van der Waals surface area contributed by atoms with Crippen molar-refractivity contribution in [3.63, 3.8) is 0 Å². The molecule has 0 radical (unpaired) electrons. The SMILES string of the molecule is C=O.CC1C(=O)C(C#N)=CC2(C)C1CCC1(C)C3CCC4(C)CCC(C)(C)CC4C3C(=O)CC21. The van der Waals surface area contributed by atoms with Gasteiger partial charge in [-0.1, -0.05) is 47.6 Å². The topological polar surface area (TPSA) is 75.0 Å². The van der Waals surface area contributed by atoms with E-state index in [-0.39, 0.29) is 40.3 Å². The van der Waals surface area contributed by atoms with Crippen LogP contribution in [0.1, 0.15) is 92.9 Å². The number of allylic oxidation sites excluding steroid dienone is 2. The van der Waals surface area contributed by atoms with Crippen molar-refractivity contribution >= 4 is 18.4 Å². The van der Waals surface area contributed by atoms with Crippen molar-refractivity contribution < 1.29 is 14.4 Å². The van der Waals surface area contributed by atoms with Crippen molar-refractivity contribution in [1.29, 1.82) is 5.26 Å². The lowest BCUT2D eigenvalue weighted by molar-refractivity contribution is -0.184. The molecule has 0 aromatic rings. The predicted molar refractivity (Wildman–Crippen MR) is 132 cm³/mol. The van der Waals surface area contributed by atoms with Gasteiger partial charge in [0.1, 0.15) is 18.6 Å². The van der Waals surface area contributed by atoms with Crippen molar-refractivity contribution in [3.05, 3.63) is 11.6 Å². The lowest BCUT2D eigenvalue weighted by Gasteiger charge is -2.67. The molecule has 4 saturated carbocycles. The Kier molecular flexibility index (Phi) is 6.07. The second kappa shape index (κ2) is 8.14. The number of rotatable bonds is 0. The van der Waals surface area contributed by atoms with Crippen molar-refractivity contribution in [2.45, 2.75) is 92.9 Å². The maximum absolute atomic E-state index is 14.0. The van der Waals surface area contributed by atoms with Gasteiger partial charge in [-0.3, -0.25) is 9.59 Å². The van der Waals surface area contributed by atoms with Gasteiger partial charge >= 0.3 is 0 Å². The fourth-order valence-corrected chi connectivity index (χ4v) is 9.81. The Labute approximate surface area is 205 Å². The number of hydrogen-bond donors (Lipinski definition) is 0. The first kappa shape index (κ1) is 25.3. The maximum atomic E-state index is 14.0. The van der Waals surface area contributed by atoms with E-state index in [0.29, 0.717) is 40.4 Å². The molecule has 4 heteroatoms. The molecule has 9 atom stereocenters. The Morgan fingerprint density at radius 3 is 2.24 bits per heavy atom. The molecule has 5 aliphatic rings. The van der Waals surface area contributed by atoms with Crippen molar-refractivity contribution in [2.75, 3.05) is 0 Å². The summed E-state index contributed by atoms with van der Waals surface area (Å²) in [6.07, 6.45) is 10.9. The second-order valence-electron chi connectivity index (χ2n) is 13.9. The molecule has 0 saturated heterocycles. The summed E-state index contributed by atoms with van der Waals surface area (Å²) in [7, 11) is 0. The highest BCUT2D eigenvalue weighted by atomic mass is 16.1. The zero-order valence-corrected chi connectivity index (χ0v) is 22.1. The third-order valence-electron chi connectivity index (χ3n) is 11.8. The Balaban J connectivity index is 0.00000133. The van der Waals surface area contributed by atoms with Gasteiger partial charge in [0, 0.05) is 18.3 Å². The molecule has 4 fully saturated rings. The van der Waals surface area contributed by atoms with Crippen LogP contribution >= 0.6 is 0 Å². The first-order chi connectivity index (χ1) is 15.9. The van der Waals surface area contributed by atoms with Crippen molar-refractivity contribution in [1.82, 2.24) is 0 Å². The molecule has 0 amide bonds. The molecular weight excluding hydrogens is 422 g/mol. The van der Waals surface area contributed by atoms with Gasteiger partial charge in [0.15, 0.2) is 5.78 Å². The average molecular weight is 466 g/mol. The average Bonchev–Trinajstić information content (AvgIpc) is 2.79. The fraction of sp³-hybridized carbons (Fsp3) is 0.800. The first-order valence-corrected chi connectivity index (χ1v) is 13.4. The number of Topliss-reactive ketones (excluding diaryl/α,β-unsaturated/α-hetero) is 2. The highest BCUT2D eigenvalue weighted by Gasteiger charge is 2.66. The van der Waals surface area contributed by atoms with Gasteiger partial charge in [0.2, 0.25) is 0 Å². The minimum atomic E-state index is -0.237. The van der Waals surface area contributed by atoms with Crippen LogP contribution in [0.25, 0.3) is 0 Å². The van der Waals surface area contributed by atoms with E-state index in [2.05, 4.69) is 40.7 Å². The van der Waals surface area contributed by atoms with Crippen molar-refractivity contribution in [3.8, 4) is 6.07 Å². The number of nitriles is 1. The molecule has 9 unspecified atom stereocenters. The van der Waals surface area contributed by atoms with E-state index in [0.717, 1.165) is 12.8 Å². The summed E-state index contributed by atoms with van der Waals surface area (Å²) >= 11 is 0. The van der Waals surface area contributed by atoms with Gasteiger partial charge in [-0.25, -0.2) is 0 Å². The minimum Gasteiger partial charge on any atom is -0.307 e. The molecule has 0 spiro atoms. The normalized spacial score (nSPS) is 49.0. The lowest BCUT2D eigenvalue weighted by Crippen LogP contribution is -2.63. The molecule has 0 aromatic heterocycles. The van der Waals surface area contributed by atoms with Crippen LogP contribution in [0.4, 0.5) is 0 Å². The molecule has 0 bridgehead atoms. The summed E-state index contributed by atoms with van der Waals surface area (Å²) < 4.78 is 0. The number of carbonyl (C=O) groups is 3. The largest absolute Gasteiger partial charge is 0.307 e. The van der Waals surface area contributed by atoms with E-state index in [4.69, 9.17) is 4.79 Å². The minimum absolute atomic E-state index is 0.0106. The van der Waals surface area contributed by atoms with Crippen LogP contribution in [-0.2, 0) is 14.4 Å². The third-order valence-corrected chi connectivity index (χ3v) is 11.8. The van der Waals surface area contributed by atoms with Crippen molar-refractivity contribution in [2.24, 2.45) is 57.2 Å². The van der Waals surface area contributed by atoms with Crippen LogP contribution in [0, 0.1) is 68.5 Å². The Morgan fingerprint density at radius 1 is 0.941 bits per heavy atom. The van der Waals surface area contributed by atoms with Gasteiger partial charge in [0.05, 0.1) is 5.57 Å². The van der Waals surface area contributed by atoms with Crippen LogP contribution in [0.5, 0.6) is 0 Å².